The molecule has 0 unspecified atom stereocenters. The lowest BCUT2D eigenvalue weighted by atomic mass is 10.2. The molecule has 0 spiro atoms. The molecule has 20 heavy (non-hydrogen) atoms. The fourth-order valence-corrected chi connectivity index (χ4v) is 2.15. The lowest BCUT2D eigenvalue weighted by Gasteiger charge is -2.00. The van der Waals surface area contributed by atoms with E-state index in [4.69, 9.17) is 5.73 Å². The Morgan fingerprint density at radius 1 is 1.10 bits per heavy atom. The number of imidazole rings is 1. The van der Waals surface area contributed by atoms with Crippen LogP contribution >= 0.6 is 0 Å². The number of benzene rings is 1. The second-order valence-corrected chi connectivity index (χ2v) is 4.78. The SMILES string of the molecule is CCCCc1nc(N)c2nc(-c3ccccc3)[nH]c2n1. The molecule has 0 aliphatic carbocycles. The van der Waals surface area contributed by atoms with E-state index in [1.165, 1.54) is 0 Å². The van der Waals surface area contributed by atoms with Crippen LogP contribution in [0.25, 0.3) is 22.6 Å². The molecule has 0 fully saturated rings. The van der Waals surface area contributed by atoms with Gasteiger partial charge in [0.1, 0.15) is 11.6 Å². The molecule has 3 aromatic rings. The monoisotopic (exact) mass is 267 g/mol. The molecule has 3 rings (SSSR count). The van der Waals surface area contributed by atoms with Gasteiger partial charge in [-0.2, -0.15) is 0 Å². The summed E-state index contributed by atoms with van der Waals surface area (Å²) >= 11 is 0. The third kappa shape index (κ3) is 2.34. The number of unbranched alkanes of at least 4 members (excludes halogenated alkanes) is 1. The van der Waals surface area contributed by atoms with Crippen molar-refractivity contribution >= 4 is 17.0 Å². The van der Waals surface area contributed by atoms with Crippen LogP contribution in [0.5, 0.6) is 0 Å². The van der Waals surface area contributed by atoms with Crippen LogP contribution in [0.3, 0.4) is 0 Å². The minimum atomic E-state index is 0.444. The van der Waals surface area contributed by atoms with Crippen LogP contribution in [0.1, 0.15) is 25.6 Å². The molecular formula is C15H17N5. The Morgan fingerprint density at radius 2 is 1.90 bits per heavy atom. The summed E-state index contributed by atoms with van der Waals surface area (Å²) in [7, 11) is 0. The molecule has 0 aliphatic heterocycles. The van der Waals surface area contributed by atoms with E-state index in [9.17, 15) is 0 Å². The first-order valence-corrected chi connectivity index (χ1v) is 6.85. The van der Waals surface area contributed by atoms with Crippen LogP contribution in [0.4, 0.5) is 5.82 Å². The van der Waals surface area contributed by atoms with E-state index in [1.54, 1.807) is 0 Å². The number of rotatable bonds is 4. The van der Waals surface area contributed by atoms with E-state index in [-0.39, 0.29) is 0 Å². The molecule has 3 N–H and O–H groups in total. The van der Waals surface area contributed by atoms with Crippen molar-refractivity contribution < 1.29 is 0 Å². The van der Waals surface area contributed by atoms with E-state index in [1.807, 2.05) is 30.3 Å². The zero-order valence-corrected chi connectivity index (χ0v) is 11.4. The highest BCUT2D eigenvalue weighted by molar-refractivity contribution is 5.84. The number of H-pyrrole nitrogens is 1. The van der Waals surface area contributed by atoms with Gasteiger partial charge in [-0.3, -0.25) is 0 Å². The Bertz CT molecular complexity index is 718. The van der Waals surface area contributed by atoms with Crippen molar-refractivity contribution in [3.05, 3.63) is 36.2 Å². The average molecular weight is 267 g/mol. The topological polar surface area (TPSA) is 80.5 Å². The van der Waals surface area contributed by atoms with Crippen LogP contribution in [0.2, 0.25) is 0 Å². The molecular weight excluding hydrogens is 250 g/mol. The van der Waals surface area contributed by atoms with E-state index < -0.39 is 0 Å². The van der Waals surface area contributed by atoms with Crippen LogP contribution in [-0.4, -0.2) is 19.9 Å². The molecule has 5 nitrogen and oxygen atoms in total. The summed E-state index contributed by atoms with van der Waals surface area (Å²) in [6.07, 6.45) is 3.01. The van der Waals surface area contributed by atoms with Gasteiger partial charge in [-0.15, -0.1) is 0 Å². The van der Waals surface area contributed by atoms with Crippen molar-refractivity contribution in [3.63, 3.8) is 0 Å². The van der Waals surface area contributed by atoms with E-state index in [2.05, 4.69) is 26.9 Å². The summed E-state index contributed by atoms with van der Waals surface area (Å²) < 4.78 is 0. The zero-order valence-electron chi connectivity index (χ0n) is 11.4. The summed E-state index contributed by atoms with van der Waals surface area (Å²) in [6.45, 7) is 2.14. The Balaban J connectivity index is 2.04. The molecule has 102 valence electrons. The summed E-state index contributed by atoms with van der Waals surface area (Å²) in [5.41, 5.74) is 8.35. The van der Waals surface area contributed by atoms with E-state index in [0.717, 1.165) is 36.5 Å². The summed E-state index contributed by atoms with van der Waals surface area (Å²) in [5.74, 6) is 1.99. The van der Waals surface area contributed by atoms with E-state index >= 15 is 0 Å². The second kappa shape index (κ2) is 5.28. The van der Waals surface area contributed by atoms with Gasteiger partial charge in [0.2, 0.25) is 0 Å². The molecule has 0 aliphatic rings. The molecule has 0 amide bonds. The highest BCUT2D eigenvalue weighted by Gasteiger charge is 2.11. The molecule has 0 saturated heterocycles. The van der Waals surface area contributed by atoms with Gasteiger partial charge in [0.05, 0.1) is 0 Å². The Hall–Kier alpha value is -2.43. The van der Waals surface area contributed by atoms with Crippen molar-refractivity contribution in [2.75, 3.05) is 5.73 Å². The van der Waals surface area contributed by atoms with Gasteiger partial charge in [-0.1, -0.05) is 43.7 Å². The number of nitrogens with zero attached hydrogens (tertiary/aromatic N) is 3. The molecule has 0 atom stereocenters. The molecule has 5 heteroatoms. The third-order valence-corrected chi connectivity index (χ3v) is 3.22. The number of nitrogens with one attached hydrogen (secondary N) is 1. The minimum Gasteiger partial charge on any atom is -0.382 e. The minimum absolute atomic E-state index is 0.444. The Kier molecular flexibility index (Phi) is 3.33. The summed E-state index contributed by atoms with van der Waals surface area (Å²) in [5, 5.41) is 0. The van der Waals surface area contributed by atoms with Gasteiger partial charge in [0.25, 0.3) is 0 Å². The van der Waals surface area contributed by atoms with Crippen molar-refractivity contribution in [1.82, 2.24) is 19.9 Å². The van der Waals surface area contributed by atoms with Crippen molar-refractivity contribution in [1.29, 1.82) is 0 Å². The first-order chi connectivity index (χ1) is 9.78. The predicted molar refractivity (Wildman–Crippen MR) is 80.1 cm³/mol. The zero-order chi connectivity index (χ0) is 13.9. The highest BCUT2D eigenvalue weighted by Crippen LogP contribution is 2.22. The first-order valence-electron chi connectivity index (χ1n) is 6.85. The van der Waals surface area contributed by atoms with Crippen LogP contribution in [0, 0.1) is 0 Å². The fraction of sp³-hybridized carbons (Fsp3) is 0.267. The number of hydrogen-bond acceptors (Lipinski definition) is 4. The Morgan fingerprint density at radius 3 is 2.65 bits per heavy atom. The number of fused-ring (bicyclic) bond motifs is 1. The van der Waals surface area contributed by atoms with Gasteiger partial charge >= 0.3 is 0 Å². The largest absolute Gasteiger partial charge is 0.382 e. The van der Waals surface area contributed by atoms with Gasteiger partial charge in [0, 0.05) is 12.0 Å². The molecule has 2 aromatic heterocycles. The first kappa shape index (κ1) is 12.6. The predicted octanol–water partition coefficient (Wildman–Crippen LogP) is 2.94. The maximum atomic E-state index is 5.99. The lowest BCUT2D eigenvalue weighted by Crippen LogP contribution is -2.00. The quantitative estimate of drug-likeness (QED) is 0.761. The fourth-order valence-electron chi connectivity index (χ4n) is 2.15. The van der Waals surface area contributed by atoms with Gasteiger partial charge in [-0.25, -0.2) is 15.0 Å². The normalized spacial score (nSPS) is 11.1. The number of anilines is 1. The number of nitrogens with two attached hydrogens (primary N) is 1. The van der Waals surface area contributed by atoms with Gasteiger partial charge < -0.3 is 10.7 Å². The van der Waals surface area contributed by atoms with E-state index in [0.29, 0.717) is 17.0 Å². The average Bonchev–Trinajstić information content (AvgIpc) is 2.91. The maximum Gasteiger partial charge on any atom is 0.163 e. The molecule has 0 saturated carbocycles. The smallest absolute Gasteiger partial charge is 0.163 e. The molecule has 1 aromatic carbocycles. The lowest BCUT2D eigenvalue weighted by molar-refractivity contribution is 0.757. The number of nitrogen functional groups attached to an aromatic ring is 1. The highest BCUT2D eigenvalue weighted by atomic mass is 15.1. The third-order valence-electron chi connectivity index (χ3n) is 3.22. The number of aryl methyl sites for hydroxylation is 1. The van der Waals surface area contributed by atoms with Crippen molar-refractivity contribution in [2.45, 2.75) is 26.2 Å². The van der Waals surface area contributed by atoms with Gasteiger partial charge in [-0.05, 0) is 6.42 Å². The second-order valence-electron chi connectivity index (χ2n) is 4.78. The summed E-state index contributed by atoms with van der Waals surface area (Å²) in [4.78, 5) is 16.6. The number of aromatic amines is 1. The molecule has 2 heterocycles. The van der Waals surface area contributed by atoms with Crippen molar-refractivity contribution in [3.8, 4) is 11.4 Å². The van der Waals surface area contributed by atoms with Crippen LogP contribution in [0.15, 0.2) is 30.3 Å². The standard InChI is InChI=1S/C15H17N5/c1-2-3-9-11-17-13(16)12-15(18-11)20-14(19-12)10-7-5-4-6-8-10/h4-8H,2-3,9H2,1H3,(H3,16,17,18,19,20). The molecule has 0 radical (unpaired) electrons. The summed E-state index contributed by atoms with van der Waals surface area (Å²) in [6, 6.07) is 9.93. The maximum absolute atomic E-state index is 5.99. The Labute approximate surface area is 117 Å². The van der Waals surface area contributed by atoms with Crippen LogP contribution in [-0.2, 0) is 6.42 Å². The number of hydrogen-bond donors (Lipinski definition) is 2. The van der Waals surface area contributed by atoms with Gasteiger partial charge in [0.15, 0.2) is 17.0 Å². The molecule has 0 bridgehead atoms. The number of aromatic nitrogens is 4. The van der Waals surface area contributed by atoms with Crippen molar-refractivity contribution in [2.24, 2.45) is 0 Å². The van der Waals surface area contributed by atoms with Crippen LogP contribution < -0.4 is 5.73 Å².